The molecule has 2 aromatic heterocycles. The van der Waals surface area contributed by atoms with Gasteiger partial charge in [0.05, 0.1) is 17.4 Å². The Labute approximate surface area is 174 Å². The topological polar surface area (TPSA) is 91.3 Å². The van der Waals surface area contributed by atoms with Gasteiger partial charge in [0.25, 0.3) is 11.5 Å². The third-order valence-corrected chi connectivity index (χ3v) is 5.77. The van der Waals surface area contributed by atoms with Crippen molar-refractivity contribution in [2.75, 3.05) is 20.1 Å². The number of amides is 2. The predicted octanol–water partition coefficient (Wildman–Crippen LogP) is 1.79. The van der Waals surface area contributed by atoms with Crippen molar-refractivity contribution in [2.24, 2.45) is 0 Å². The molecule has 8 nitrogen and oxygen atoms in total. The molecule has 30 heavy (non-hydrogen) atoms. The molecule has 156 valence electrons. The van der Waals surface area contributed by atoms with Gasteiger partial charge in [0.15, 0.2) is 0 Å². The molecule has 0 spiro atoms. The van der Waals surface area contributed by atoms with Crippen molar-refractivity contribution in [3.63, 3.8) is 0 Å². The Morgan fingerprint density at radius 2 is 2.07 bits per heavy atom. The van der Waals surface area contributed by atoms with Gasteiger partial charge in [0, 0.05) is 45.8 Å². The minimum absolute atomic E-state index is 0.0446. The largest absolute Gasteiger partial charge is 0.342 e. The van der Waals surface area contributed by atoms with Gasteiger partial charge in [-0.2, -0.15) is 0 Å². The Kier molecular flexibility index (Phi) is 5.39. The van der Waals surface area contributed by atoms with Crippen LogP contribution in [0.15, 0.2) is 41.6 Å². The molecule has 4 rings (SSSR count). The first-order valence-electron chi connectivity index (χ1n) is 10.2. The fourth-order valence-corrected chi connectivity index (χ4v) is 3.90. The molecule has 1 N–H and O–H groups in total. The van der Waals surface area contributed by atoms with Crippen molar-refractivity contribution in [1.29, 1.82) is 0 Å². The van der Waals surface area contributed by atoms with Gasteiger partial charge in [-0.05, 0) is 36.6 Å². The van der Waals surface area contributed by atoms with Gasteiger partial charge in [0.1, 0.15) is 5.56 Å². The maximum Gasteiger partial charge on any atom is 0.261 e. The fourth-order valence-electron chi connectivity index (χ4n) is 3.90. The number of hydrogen-bond acceptors (Lipinski definition) is 4. The lowest BCUT2D eigenvalue weighted by atomic mass is 9.96. The highest BCUT2D eigenvalue weighted by atomic mass is 16.2. The fraction of sp³-hybridized carbons (Fsp3) is 0.364. The van der Waals surface area contributed by atoms with Gasteiger partial charge in [-0.15, -0.1) is 0 Å². The molecule has 3 aromatic rings. The molecule has 8 heteroatoms. The molecule has 0 saturated heterocycles. The van der Waals surface area contributed by atoms with Crippen molar-refractivity contribution < 1.29 is 9.59 Å². The van der Waals surface area contributed by atoms with Gasteiger partial charge >= 0.3 is 0 Å². The number of carbonyl (C=O) groups is 2. The van der Waals surface area contributed by atoms with Crippen LogP contribution in [0.2, 0.25) is 0 Å². The number of pyridine rings is 1. The Morgan fingerprint density at radius 3 is 2.87 bits per heavy atom. The number of nitrogens with zero attached hydrogens (tertiary/aromatic N) is 4. The first-order valence-corrected chi connectivity index (χ1v) is 10.2. The summed E-state index contributed by atoms with van der Waals surface area (Å²) in [5.74, 6) is -0.231. The maximum absolute atomic E-state index is 12.8. The van der Waals surface area contributed by atoms with Gasteiger partial charge in [-0.3, -0.25) is 14.4 Å². The summed E-state index contributed by atoms with van der Waals surface area (Å²) in [6.07, 6.45) is 4.25. The second-order valence-corrected chi connectivity index (χ2v) is 7.56. The molecule has 0 aliphatic carbocycles. The lowest BCUT2D eigenvalue weighted by Crippen LogP contribution is -2.40. The Hall–Kier alpha value is -3.42. The summed E-state index contributed by atoms with van der Waals surface area (Å²) in [4.78, 5) is 48.1. The minimum Gasteiger partial charge on any atom is -0.342 e. The Balaban J connectivity index is 1.48. The number of benzene rings is 1. The molecule has 0 radical (unpaired) electrons. The average Bonchev–Trinajstić information content (AvgIpc) is 3.19. The monoisotopic (exact) mass is 407 g/mol. The van der Waals surface area contributed by atoms with Crippen LogP contribution in [-0.2, 0) is 24.3 Å². The van der Waals surface area contributed by atoms with E-state index in [1.54, 1.807) is 24.5 Å². The average molecular weight is 407 g/mol. The quantitative estimate of drug-likeness (QED) is 0.698. The standard InChI is InChI=1S/C22H25N5O3/c1-3-25(2)22(30)20-16-8-10-26(13-15(16)12-23-21(20)29)19(28)9-11-27-14-24-17-6-4-5-7-18(17)27/h4-7,12,14H,3,8-11,13H2,1-2H3,(H,23,29). The molecular weight excluding hydrogens is 382 g/mol. The van der Waals surface area contributed by atoms with Crippen molar-refractivity contribution in [3.8, 4) is 0 Å². The zero-order chi connectivity index (χ0) is 21.3. The highest BCUT2D eigenvalue weighted by Gasteiger charge is 2.27. The Morgan fingerprint density at radius 1 is 1.27 bits per heavy atom. The van der Waals surface area contributed by atoms with Gasteiger partial charge in [-0.1, -0.05) is 12.1 Å². The number of hydrogen-bond donors (Lipinski definition) is 1. The van der Waals surface area contributed by atoms with Crippen LogP contribution in [0.4, 0.5) is 0 Å². The molecule has 3 heterocycles. The van der Waals surface area contributed by atoms with E-state index in [1.807, 2.05) is 35.8 Å². The van der Waals surface area contributed by atoms with Crippen LogP contribution in [0.5, 0.6) is 0 Å². The third kappa shape index (κ3) is 3.60. The van der Waals surface area contributed by atoms with Crippen LogP contribution in [0, 0.1) is 0 Å². The summed E-state index contributed by atoms with van der Waals surface area (Å²) < 4.78 is 1.99. The van der Waals surface area contributed by atoms with E-state index < -0.39 is 0 Å². The minimum atomic E-state index is -0.370. The van der Waals surface area contributed by atoms with Crippen LogP contribution < -0.4 is 5.56 Å². The SMILES string of the molecule is CCN(C)C(=O)c1c2c(c[nH]c1=O)CN(C(=O)CCn1cnc3ccccc31)CC2. The molecule has 2 amide bonds. The zero-order valence-corrected chi connectivity index (χ0v) is 17.2. The number of para-hydroxylation sites is 2. The van der Waals surface area contributed by atoms with Gasteiger partial charge < -0.3 is 19.4 Å². The van der Waals surface area contributed by atoms with E-state index in [1.165, 1.54) is 4.90 Å². The number of imidazole rings is 1. The lowest BCUT2D eigenvalue weighted by molar-refractivity contribution is -0.132. The van der Waals surface area contributed by atoms with Crippen molar-refractivity contribution in [1.82, 2.24) is 24.3 Å². The summed E-state index contributed by atoms with van der Waals surface area (Å²) in [6.45, 7) is 3.84. The summed E-state index contributed by atoms with van der Waals surface area (Å²) in [6, 6.07) is 7.84. The summed E-state index contributed by atoms with van der Waals surface area (Å²) in [5.41, 5.74) is 3.34. The molecule has 0 saturated carbocycles. The van der Waals surface area contributed by atoms with Crippen LogP contribution in [0.3, 0.4) is 0 Å². The van der Waals surface area contributed by atoms with E-state index in [0.29, 0.717) is 39.0 Å². The maximum atomic E-state index is 12.8. The Bertz CT molecular complexity index is 1160. The molecular formula is C22H25N5O3. The molecule has 0 unspecified atom stereocenters. The second kappa shape index (κ2) is 8.14. The first kappa shape index (κ1) is 19.9. The molecule has 0 bridgehead atoms. The second-order valence-electron chi connectivity index (χ2n) is 7.56. The predicted molar refractivity (Wildman–Crippen MR) is 113 cm³/mol. The van der Waals surface area contributed by atoms with E-state index in [-0.39, 0.29) is 22.9 Å². The first-order chi connectivity index (χ1) is 14.5. The number of aromatic nitrogens is 3. The lowest BCUT2D eigenvalue weighted by Gasteiger charge is -2.30. The summed E-state index contributed by atoms with van der Waals surface area (Å²) >= 11 is 0. The molecule has 1 aliphatic heterocycles. The summed E-state index contributed by atoms with van der Waals surface area (Å²) in [7, 11) is 1.68. The van der Waals surface area contributed by atoms with Crippen LogP contribution in [0.25, 0.3) is 11.0 Å². The number of aryl methyl sites for hydroxylation is 1. The number of H-pyrrole nitrogens is 1. The number of carbonyl (C=O) groups excluding carboxylic acids is 2. The van der Waals surface area contributed by atoms with Crippen LogP contribution >= 0.6 is 0 Å². The molecule has 0 fully saturated rings. The van der Waals surface area contributed by atoms with E-state index in [4.69, 9.17) is 0 Å². The van der Waals surface area contributed by atoms with E-state index >= 15 is 0 Å². The van der Waals surface area contributed by atoms with E-state index in [2.05, 4.69) is 9.97 Å². The molecule has 1 aromatic carbocycles. The van der Waals surface area contributed by atoms with Crippen molar-refractivity contribution >= 4 is 22.8 Å². The smallest absolute Gasteiger partial charge is 0.261 e. The highest BCUT2D eigenvalue weighted by Crippen LogP contribution is 2.22. The molecule has 0 atom stereocenters. The van der Waals surface area contributed by atoms with Crippen LogP contribution in [-0.4, -0.2) is 56.3 Å². The third-order valence-electron chi connectivity index (χ3n) is 5.77. The zero-order valence-electron chi connectivity index (χ0n) is 17.2. The number of fused-ring (bicyclic) bond motifs is 2. The normalized spacial score (nSPS) is 13.3. The molecule has 1 aliphatic rings. The summed E-state index contributed by atoms with van der Waals surface area (Å²) in [5, 5.41) is 0. The van der Waals surface area contributed by atoms with Crippen LogP contribution in [0.1, 0.15) is 34.8 Å². The number of nitrogens with one attached hydrogen (secondary N) is 1. The van der Waals surface area contributed by atoms with Crippen molar-refractivity contribution in [3.05, 3.63) is 63.8 Å². The number of rotatable bonds is 5. The van der Waals surface area contributed by atoms with Gasteiger partial charge in [0.2, 0.25) is 5.91 Å². The van der Waals surface area contributed by atoms with E-state index in [9.17, 15) is 14.4 Å². The van der Waals surface area contributed by atoms with Crippen molar-refractivity contribution in [2.45, 2.75) is 32.9 Å². The highest BCUT2D eigenvalue weighted by molar-refractivity contribution is 5.95. The van der Waals surface area contributed by atoms with E-state index in [0.717, 1.165) is 22.2 Å². The van der Waals surface area contributed by atoms with Gasteiger partial charge in [-0.25, -0.2) is 4.98 Å². The number of aromatic amines is 1.